The fourth-order valence-corrected chi connectivity index (χ4v) is 5.05. The highest BCUT2D eigenvalue weighted by Gasteiger charge is 2.56. The summed E-state index contributed by atoms with van der Waals surface area (Å²) in [5, 5.41) is 5.47. The second kappa shape index (κ2) is 11.0. The molecule has 12 nitrogen and oxygen atoms in total. The van der Waals surface area contributed by atoms with Crippen LogP contribution in [0.1, 0.15) is 11.8 Å². The molecule has 2 aliphatic rings. The van der Waals surface area contributed by atoms with Crippen LogP contribution in [0, 0.1) is 0 Å². The van der Waals surface area contributed by atoms with Gasteiger partial charge in [-0.2, -0.15) is 0 Å². The predicted molar refractivity (Wildman–Crippen MR) is 144 cm³/mol. The standard InChI is InChI=1S/C26H25N7O5S/c1-39-32-24(34)20-19-21(37-17(36-19)12-15-8-4-2-5-9-15)25(38-20)33-14-29-18-22(27-13-28-23(18)33)31-26(35)30-16-10-6-3-7-11-16/h2-11,13-14,17,19-21,25H,12H2,1H3,(H,32,34)(H2,27,28,30,31,35). The van der Waals surface area contributed by atoms with Gasteiger partial charge < -0.3 is 19.5 Å². The van der Waals surface area contributed by atoms with Crippen LogP contribution in [0.3, 0.4) is 0 Å². The third kappa shape index (κ3) is 5.16. The summed E-state index contributed by atoms with van der Waals surface area (Å²) in [6, 6.07) is 18.4. The van der Waals surface area contributed by atoms with Crippen LogP contribution < -0.4 is 15.4 Å². The molecule has 0 radical (unpaired) electrons. The Labute approximate surface area is 227 Å². The number of para-hydroxylation sites is 1. The maximum atomic E-state index is 12.9. The van der Waals surface area contributed by atoms with Gasteiger partial charge in [-0.1, -0.05) is 60.5 Å². The van der Waals surface area contributed by atoms with Gasteiger partial charge in [-0.15, -0.1) is 0 Å². The van der Waals surface area contributed by atoms with Gasteiger partial charge in [0.1, 0.15) is 18.5 Å². The van der Waals surface area contributed by atoms with E-state index in [9.17, 15) is 9.59 Å². The number of nitrogens with one attached hydrogen (secondary N) is 3. The summed E-state index contributed by atoms with van der Waals surface area (Å²) in [6.07, 6.45) is 1.70. The van der Waals surface area contributed by atoms with Crippen molar-refractivity contribution in [2.75, 3.05) is 16.9 Å². The lowest BCUT2D eigenvalue weighted by atomic mass is 10.1. The number of amides is 3. The highest BCUT2D eigenvalue weighted by atomic mass is 32.2. The first-order valence-electron chi connectivity index (χ1n) is 12.2. The second-order valence-corrected chi connectivity index (χ2v) is 9.54. The van der Waals surface area contributed by atoms with Gasteiger partial charge in [-0.25, -0.2) is 19.7 Å². The molecule has 200 valence electrons. The van der Waals surface area contributed by atoms with E-state index < -0.39 is 36.9 Å². The number of ether oxygens (including phenoxy) is 3. The molecular formula is C26H25N7O5S. The van der Waals surface area contributed by atoms with Crippen molar-refractivity contribution in [2.45, 2.75) is 37.3 Å². The minimum Gasteiger partial charge on any atom is -0.343 e. The molecule has 0 spiro atoms. The lowest BCUT2D eigenvalue weighted by Gasteiger charge is -2.21. The molecule has 5 atom stereocenters. The SMILES string of the molecule is CSNC(=O)C1OC(n2cnc3c(NC(=O)Nc4ccccc4)ncnc32)C2OC(Cc3ccccc3)OC12. The topological polar surface area (TPSA) is 142 Å². The van der Waals surface area contributed by atoms with Crippen molar-refractivity contribution in [1.29, 1.82) is 0 Å². The number of carbonyl (C=O) groups is 2. The van der Waals surface area contributed by atoms with Crippen molar-refractivity contribution in [3.05, 3.63) is 78.9 Å². The van der Waals surface area contributed by atoms with Crippen LogP contribution in [0.5, 0.6) is 0 Å². The van der Waals surface area contributed by atoms with E-state index in [1.807, 2.05) is 48.5 Å². The number of fused-ring (bicyclic) bond motifs is 2. The molecule has 0 saturated carbocycles. The molecule has 4 heterocycles. The summed E-state index contributed by atoms with van der Waals surface area (Å²) >= 11 is 1.18. The zero-order valence-corrected chi connectivity index (χ0v) is 21.6. The van der Waals surface area contributed by atoms with E-state index in [-0.39, 0.29) is 11.7 Å². The molecule has 2 aliphatic heterocycles. The molecule has 0 bridgehead atoms. The second-order valence-electron chi connectivity index (χ2n) is 8.93. The van der Waals surface area contributed by atoms with Gasteiger partial charge in [-0.3, -0.25) is 19.4 Å². The van der Waals surface area contributed by atoms with Crippen LogP contribution in [0.25, 0.3) is 11.2 Å². The van der Waals surface area contributed by atoms with Crippen LogP contribution in [0.15, 0.2) is 73.3 Å². The monoisotopic (exact) mass is 547 g/mol. The fraction of sp³-hybridized carbons (Fsp3) is 0.269. The fourth-order valence-electron chi connectivity index (χ4n) is 4.73. The Morgan fingerprint density at radius 2 is 1.67 bits per heavy atom. The van der Waals surface area contributed by atoms with Crippen molar-refractivity contribution in [2.24, 2.45) is 0 Å². The van der Waals surface area contributed by atoms with E-state index >= 15 is 0 Å². The van der Waals surface area contributed by atoms with E-state index in [1.165, 1.54) is 24.6 Å². The van der Waals surface area contributed by atoms with Gasteiger partial charge in [0.2, 0.25) is 0 Å². The Morgan fingerprint density at radius 1 is 0.923 bits per heavy atom. The Hall–Kier alpha value is -4.04. The van der Waals surface area contributed by atoms with E-state index in [0.717, 1.165) is 5.56 Å². The molecule has 2 aromatic heterocycles. The minimum absolute atomic E-state index is 0.226. The number of carbonyl (C=O) groups excluding carboxylic acids is 2. The Balaban J connectivity index is 1.25. The summed E-state index contributed by atoms with van der Waals surface area (Å²) < 4.78 is 23.1. The Kier molecular flexibility index (Phi) is 7.11. The molecule has 4 aromatic rings. The zero-order chi connectivity index (χ0) is 26.8. The van der Waals surface area contributed by atoms with E-state index in [0.29, 0.717) is 23.3 Å². The van der Waals surface area contributed by atoms with E-state index in [1.54, 1.807) is 23.0 Å². The molecule has 3 N–H and O–H groups in total. The third-order valence-corrected chi connectivity index (χ3v) is 6.82. The predicted octanol–water partition coefficient (Wildman–Crippen LogP) is 3.11. The summed E-state index contributed by atoms with van der Waals surface area (Å²) in [4.78, 5) is 38.5. The molecule has 13 heteroatoms. The summed E-state index contributed by atoms with van der Waals surface area (Å²) in [6.45, 7) is 0. The Bertz CT molecular complexity index is 1470. The summed E-state index contributed by atoms with van der Waals surface area (Å²) in [7, 11) is 0. The van der Waals surface area contributed by atoms with Gasteiger partial charge in [0.05, 0.1) is 6.33 Å². The minimum atomic E-state index is -0.901. The molecule has 5 unspecified atom stereocenters. The largest absolute Gasteiger partial charge is 0.343 e. The number of urea groups is 1. The number of nitrogens with zero attached hydrogens (tertiary/aromatic N) is 4. The van der Waals surface area contributed by atoms with Crippen molar-refractivity contribution < 1.29 is 23.8 Å². The van der Waals surface area contributed by atoms with Gasteiger partial charge in [0, 0.05) is 18.4 Å². The number of anilines is 2. The molecule has 2 aromatic carbocycles. The number of aromatic nitrogens is 4. The average Bonchev–Trinajstić information content (AvgIpc) is 3.64. The van der Waals surface area contributed by atoms with Crippen LogP contribution >= 0.6 is 11.9 Å². The normalized spacial score (nSPS) is 23.9. The highest BCUT2D eigenvalue weighted by Crippen LogP contribution is 2.41. The van der Waals surface area contributed by atoms with Gasteiger partial charge in [0.25, 0.3) is 5.91 Å². The number of hydrogen-bond donors (Lipinski definition) is 3. The third-order valence-electron chi connectivity index (χ3n) is 6.41. The first-order valence-corrected chi connectivity index (χ1v) is 13.5. The first kappa shape index (κ1) is 25.2. The summed E-state index contributed by atoms with van der Waals surface area (Å²) in [5.74, 6) is -0.0908. The first-order chi connectivity index (χ1) is 19.1. The molecule has 2 saturated heterocycles. The number of hydrogen-bond acceptors (Lipinski definition) is 9. The van der Waals surface area contributed by atoms with E-state index in [2.05, 4.69) is 30.3 Å². The molecule has 3 amide bonds. The lowest BCUT2D eigenvalue weighted by Crippen LogP contribution is -2.40. The van der Waals surface area contributed by atoms with Crippen molar-refractivity contribution in [3.8, 4) is 0 Å². The number of rotatable bonds is 7. The quantitative estimate of drug-likeness (QED) is 0.298. The Morgan fingerprint density at radius 3 is 2.44 bits per heavy atom. The maximum Gasteiger partial charge on any atom is 0.324 e. The van der Waals surface area contributed by atoms with E-state index in [4.69, 9.17) is 14.2 Å². The smallest absolute Gasteiger partial charge is 0.324 e. The average molecular weight is 548 g/mol. The highest BCUT2D eigenvalue weighted by molar-refractivity contribution is 7.97. The van der Waals surface area contributed by atoms with Crippen LogP contribution in [-0.2, 0) is 25.4 Å². The summed E-state index contributed by atoms with van der Waals surface area (Å²) in [5.41, 5.74) is 2.45. The molecule has 39 heavy (non-hydrogen) atoms. The van der Waals surface area contributed by atoms with Crippen LogP contribution in [0.2, 0.25) is 0 Å². The molecular weight excluding hydrogens is 522 g/mol. The number of imidazole rings is 1. The molecule has 6 rings (SSSR count). The van der Waals surface area contributed by atoms with Gasteiger partial charge >= 0.3 is 6.03 Å². The van der Waals surface area contributed by atoms with Crippen molar-refractivity contribution in [3.63, 3.8) is 0 Å². The number of benzene rings is 2. The van der Waals surface area contributed by atoms with Gasteiger partial charge in [0.15, 0.2) is 35.6 Å². The lowest BCUT2D eigenvalue weighted by molar-refractivity contribution is -0.158. The van der Waals surface area contributed by atoms with Crippen LogP contribution in [-0.4, -0.2) is 62.3 Å². The molecule has 0 aliphatic carbocycles. The van der Waals surface area contributed by atoms with Crippen molar-refractivity contribution in [1.82, 2.24) is 24.2 Å². The van der Waals surface area contributed by atoms with Crippen LogP contribution in [0.4, 0.5) is 16.3 Å². The van der Waals surface area contributed by atoms with Crippen molar-refractivity contribution >= 4 is 46.6 Å². The zero-order valence-electron chi connectivity index (χ0n) is 20.8. The molecule has 2 fully saturated rings. The van der Waals surface area contributed by atoms with Gasteiger partial charge in [-0.05, 0) is 17.7 Å². The maximum absolute atomic E-state index is 12.9.